The molecule has 0 spiro atoms. The van der Waals surface area contributed by atoms with Crippen LogP contribution >= 0.6 is 0 Å². The van der Waals surface area contributed by atoms with E-state index in [1.54, 1.807) is 0 Å². The van der Waals surface area contributed by atoms with Gasteiger partial charge in [0.2, 0.25) is 0 Å². The van der Waals surface area contributed by atoms with Crippen molar-refractivity contribution in [3.05, 3.63) is 0 Å². The van der Waals surface area contributed by atoms with Crippen molar-refractivity contribution < 1.29 is 14.3 Å². The van der Waals surface area contributed by atoms with Crippen molar-refractivity contribution in [3.8, 4) is 0 Å². The zero-order valence-corrected chi connectivity index (χ0v) is 10.2. The van der Waals surface area contributed by atoms with Crippen molar-refractivity contribution in [1.82, 2.24) is 0 Å². The van der Waals surface area contributed by atoms with Gasteiger partial charge in [0.25, 0.3) is 0 Å². The average Bonchev–Trinajstić information content (AvgIpc) is 2.70. The molecule has 1 aliphatic heterocycles. The number of carbonyl (C=O) groups excluding carboxylic acids is 1. The van der Waals surface area contributed by atoms with Gasteiger partial charge in [-0.05, 0) is 39.0 Å². The molecule has 3 heteroatoms. The standard InChI is InChI=1S/C12H22O3/c1-9(7-8-14-10(2)13)5-6-11-12(3,4)15-11/h9,11H,5-8H2,1-4H3/t9-,11+/m0/s1. The Balaban J connectivity index is 1.99. The van der Waals surface area contributed by atoms with Crippen LogP contribution in [0.15, 0.2) is 0 Å². The first-order valence-electron chi connectivity index (χ1n) is 5.73. The predicted molar refractivity (Wildman–Crippen MR) is 58.6 cm³/mol. The van der Waals surface area contributed by atoms with Crippen molar-refractivity contribution in [3.63, 3.8) is 0 Å². The van der Waals surface area contributed by atoms with Gasteiger partial charge in [0.15, 0.2) is 0 Å². The third-order valence-electron chi connectivity index (χ3n) is 3.00. The van der Waals surface area contributed by atoms with E-state index in [0.29, 0.717) is 18.6 Å². The number of esters is 1. The Hall–Kier alpha value is -0.570. The minimum absolute atomic E-state index is 0.107. The number of hydrogen-bond donors (Lipinski definition) is 0. The maximum atomic E-state index is 10.5. The third-order valence-corrected chi connectivity index (χ3v) is 3.00. The summed E-state index contributed by atoms with van der Waals surface area (Å²) in [4.78, 5) is 10.5. The topological polar surface area (TPSA) is 38.8 Å². The van der Waals surface area contributed by atoms with Crippen LogP contribution in [0.25, 0.3) is 0 Å². The van der Waals surface area contributed by atoms with Crippen molar-refractivity contribution in [2.24, 2.45) is 5.92 Å². The van der Waals surface area contributed by atoms with E-state index in [2.05, 4.69) is 20.8 Å². The average molecular weight is 214 g/mol. The molecule has 0 aromatic rings. The molecule has 3 nitrogen and oxygen atoms in total. The molecule has 88 valence electrons. The number of rotatable bonds is 6. The molecule has 0 N–H and O–H groups in total. The van der Waals surface area contributed by atoms with E-state index in [1.807, 2.05) is 0 Å². The molecule has 0 aromatic carbocycles. The van der Waals surface area contributed by atoms with Crippen LogP contribution in [0.5, 0.6) is 0 Å². The normalized spacial score (nSPS) is 24.7. The zero-order chi connectivity index (χ0) is 11.5. The van der Waals surface area contributed by atoms with Gasteiger partial charge < -0.3 is 9.47 Å². The maximum Gasteiger partial charge on any atom is 0.302 e. The predicted octanol–water partition coefficient (Wildman–Crippen LogP) is 2.53. The summed E-state index contributed by atoms with van der Waals surface area (Å²) in [7, 11) is 0. The van der Waals surface area contributed by atoms with Crippen LogP contribution in [-0.4, -0.2) is 24.3 Å². The summed E-state index contributed by atoms with van der Waals surface area (Å²) < 4.78 is 10.4. The van der Waals surface area contributed by atoms with Crippen LogP contribution in [-0.2, 0) is 14.3 Å². The Morgan fingerprint density at radius 3 is 2.53 bits per heavy atom. The second-order valence-corrected chi connectivity index (χ2v) is 5.02. The lowest BCUT2D eigenvalue weighted by Gasteiger charge is -2.10. The van der Waals surface area contributed by atoms with Crippen LogP contribution in [0, 0.1) is 5.92 Å². The van der Waals surface area contributed by atoms with Gasteiger partial charge in [-0.3, -0.25) is 4.79 Å². The van der Waals surface area contributed by atoms with E-state index in [-0.39, 0.29) is 11.6 Å². The highest BCUT2D eigenvalue weighted by Crippen LogP contribution is 2.39. The fourth-order valence-electron chi connectivity index (χ4n) is 1.72. The minimum atomic E-state index is -0.186. The zero-order valence-electron chi connectivity index (χ0n) is 10.2. The highest BCUT2D eigenvalue weighted by Gasteiger charge is 2.46. The Morgan fingerprint density at radius 2 is 2.07 bits per heavy atom. The van der Waals surface area contributed by atoms with Gasteiger partial charge in [-0.2, -0.15) is 0 Å². The summed E-state index contributed by atoms with van der Waals surface area (Å²) in [6.45, 7) is 8.44. The molecular weight excluding hydrogens is 192 g/mol. The summed E-state index contributed by atoms with van der Waals surface area (Å²) in [5, 5.41) is 0. The van der Waals surface area contributed by atoms with Crippen LogP contribution in [0.3, 0.4) is 0 Å². The quantitative estimate of drug-likeness (QED) is 0.504. The number of epoxide rings is 1. The van der Waals surface area contributed by atoms with E-state index in [1.165, 1.54) is 6.92 Å². The smallest absolute Gasteiger partial charge is 0.302 e. The van der Waals surface area contributed by atoms with Gasteiger partial charge in [0.1, 0.15) is 0 Å². The first-order valence-corrected chi connectivity index (χ1v) is 5.73. The molecule has 0 bridgehead atoms. The van der Waals surface area contributed by atoms with Crippen LogP contribution in [0.2, 0.25) is 0 Å². The van der Waals surface area contributed by atoms with Gasteiger partial charge >= 0.3 is 5.97 Å². The minimum Gasteiger partial charge on any atom is -0.466 e. The van der Waals surface area contributed by atoms with Crippen LogP contribution in [0.1, 0.15) is 47.0 Å². The third kappa shape index (κ3) is 4.65. The highest BCUT2D eigenvalue weighted by molar-refractivity contribution is 5.65. The lowest BCUT2D eigenvalue weighted by atomic mass is 9.98. The Morgan fingerprint density at radius 1 is 1.47 bits per heavy atom. The van der Waals surface area contributed by atoms with Gasteiger partial charge in [0, 0.05) is 6.92 Å². The summed E-state index contributed by atoms with van der Waals surface area (Å²) in [5.41, 5.74) is 0.107. The molecule has 15 heavy (non-hydrogen) atoms. The SMILES string of the molecule is CC(=O)OCC[C@@H](C)CC[C@H]1OC1(C)C. The molecule has 1 aliphatic rings. The molecular formula is C12H22O3. The number of carbonyl (C=O) groups is 1. The fourth-order valence-corrected chi connectivity index (χ4v) is 1.72. The number of hydrogen-bond acceptors (Lipinski definition) is 3. The summed E-state index contributed by atoms with van der Waals surface area (Å²) in [6.07, 6.45) is 3.66. The van der Waals surface area contributed by atoms with Gasteiger partial charge in [-0.15, -0.1) is 0 Å². The van der Waals surface area contributed by atoms with Crippen molar-refractivity contribution in [1.29, 1.82) is 0 Å². The summed E-state index contributed by atoms with van der Waals surface area (Å²) in [6, 6.07) is 0. The molecule has 1 fully saturated rings. The van der Waals surface area contributed by atoms with Gasteiger partial charge in [0.05, 0.1) is 18.3 Å². The largest absolute Gasteiger partial charge is 0.466 e. The van der Waals surface area contributed by atoms with Gasteiger partial charge in [-0.1, -0.05) is 6.92 Å². The monoisotopic (exact) mass is 214 g/mol. The fraction of sp³-hybridized carbons (Fsp3) is 0.917. The summed E-state index contributed by atoms with van der Waals surface area (Å²) >= 11 is 0. The molecule has 1 rings (SSSR count). The van der Waals surface area contributed by atoms with Crippen LogP contribution < -0.4 is 0 Å². The molecule has 0 saturated carbocycles. The first-order chi connectivity index (χ1) is 6.92. The molecule has 1 saturated heterocycles. The molecule has 1 heterocycles. The highest BCUT2D eigenvalue weighted by atomic mass is 16.6. The van der Waals surface area contributed by atoms with Gasteiger partial charge in [-0.25, -0.2) is 0 Å². The molecule has 0 aromatic heterocycles. The van der Waals surface area contributed by atoms with Crippen molar-refractivity contribution >= 4 is 5.97 Å². The molecule has 0 amide bonds. The van der Waals surface area contributed by atoms with Crippen molar-refractivity contribution in [2.45, 2.75) is 58.7 Å². The lowest BCUT2D eigenvalue weighted by Crippen LogP contribution is -2.08. The van der Waals surface area contributed by atoms with E-state index in [9.17, 15) is 4.79 Å². The van der Waals surface area contributed by atoms with E-state index in [0.717, 1.165) is 19.3 Å². The van der Waals surface area contributed by atoms with E-state index in [4.69, 9.17) is 9.47 Å². The number of ether oxygens (including phenoxy) is 2. The Kier molecular flexibility index (Phi) is 4.14. The second-order valence-electron chi connectivity index (χ2n) is 5.02. The maximum absolute atomic E-state index is 10.5. The molecule has 0 unspecified atom stereocenters. The van der Waals surface area contributed by atoms with Crippen molar-refractivity contribution in [2.75, 3.05) is 6.61 Å². The first kappa shape index (κ1) is 12.5. The summed E-state index contributed by atoms with van der Waals surface area (Å²) in [5.74, 6) is 0.415. The lowest BCUT2D eigenvalue weighted by molar-refractivity contribution is -0.141. The second kappa shape index (κ2) is 4.97. The van der Waals surface area contributed by atoms with Crippen LogP contribution in [0.4, 0.5) is 0 Å². The Bertz CT molecular complexity index is 223. The Labute approximate surface area is 92.1 Å². The molecule has 0 radical (unpaired) electrons. The molecule has 0 aliphatic carbocycles. The van der Waals surface area contributed by atoms with E-state index < -0.39 is 0 Å². The van der Waals surface area contributed by atoms with E-state index >= 15 is 0 Å². The molecule has 2 atom stereocenters.